The van der Waals surface area contributed by atoms with Crippen molar-refractivity contribution in [2.24, 2.45) is 0 Å². The lowest BCUT2D eigenvalue weighted by molar-refractivity contribution is 0.888. The zero-order chi connectivity index (χ0) is 11.5. The second-order valence-corrected chi connectivity index (χ2v) is 5.77. The third-order valence-corrected chi connectivity index (χ3v) is 3.78. The van der Waals surface area contributed by atoms with Crippen molar-refractivity contribution < 1.29 is 0 Å². The zero-order valence-corrected chi connectivity index (χ0v) is 11.7. The van der Waals surface area contributed by atoms with Gasteiger partial charge in [0.15, 0.2) is 0 Å². The van der Waals surface area contributed by atoms with Gasteiger partial charge in [-0.05, 0) is 52.0 Å². The van der Waals surface area contributed by atoms with Crippen molar-refractivity contribution in [1.82, 2.24) is 4.98 Å². The number of halogens is 2. The van der Waals surface area contributed by atoms with Crippen LogP contribution in [0, 0.1) is 0 Å². The number of hydrogen-bond acceptors (Lipinski definition) is 3. The van der Waals surface area contributed by atoms with Crippen LogP contribution in [-0.4, -0.2) is 4.98 Å². The summed E-state index contributed by atoms with van der Waals surface area (Å²) in [7, 11) is 0. The third-order valence-electron chi connectivity index (χ3n) is 2.20. The van der Waals surface area contributed by atoms with Crippen molar-refractivity contribution in [1.29, 1.82) is 0 Å². The van der Waals surface area contributed by atoms with E-state index in [2.05, 4.69) is 38.5 Å². The highest BCUT2D eigenvalue weighted by molar-refractivity contribution is 9.10. The first kappa shape index (κ1) is 11.9. The number of rotatable bonds is 3. The maximum Gasteiger partial charge on any atom is 0.106 e. The summed E-state index contributed by atoms with van der Waals surface area (Å²) < 4.78 is 1.65. The van der Waals surface area contributed by atoms with E-state index in [1.807, 2.05) is 18.2 Å². The van der Waals surface area contributed by atoms with E-state index in [0.29, 0.717) is 0 Å². The SMILES string of the molecule is CC(Nc1ccc(Br)nc1)c1csc(Cl)c1. The highest BCUT2D eigenvalue weighted by atomic mass is 79.9. The molecule has 0 fully saturated rings. The van der Waals surface area contributed by atoms with Gasteiger partial charge in [0, 0.05) is 6.04 Å². The third kappa shape index (κ3) is 2.97. The molecule has 0 bridgehead atoms. The molecule has 0 aromatic carbocycles. The Hall–Kier alpha value is -0.580. The first-order valence-corrected chi connectivity index (χ1v) is 6.82. The van der Waals surface area contributed by atoms with Crippen LogP contribution in [0.4, 0.5) is 5.69 Å². The Morgan fingerprint density at radius 1 is 1.50 bits per heavy atom. The van der Waals surface area contributed by atoms with Gasteiger partial charge in [0.2, 0.25) is 0 Å². The number of pyridine rings is 1. The molecule has 2 aromatic heterocycles. The molecule has 2 heterocycles. The Morgan fingerprint density at radius 2 is 2.31 bits per heavy atom. The maximum absolute atomic E-state index is 5.90. The van der Waals surface area contributed by atoms with Crippen molar-refractivity contribution in [3.05, 3.63) is 44.3 Å². The quantitative estimate of drug-likeness (QED) is 0.828. The molecule has 84 valence electrons. The summed E-state index contributed by atoms with van der Waals surface area (Å²) in [5.74, 6) is 0. The molecule has 5 heteroatoms. The van der Waals surface area contributed by atoms with Gasteiger partial charge < -0.3 is 5.32 Å². The Kier molecular flexibility index (Phi) is 3.84. The Bertz CT molecular complexity index is 469. The topological polar surface area (TPSA) is 24.9 Å². The number of aromatic nitrogens is 1. The minimum atomic E-state index is 0.228. The largest absolute Gasteiger partial charge is 0.377 e. The lowest BCUT2D eigenvalue weighted by Gasteiger charge is -2.13. The summed E-state index contributed by atoms with van der Waals surface area (Å²) in [5, 5.41) is 5.43. The van der Waals surface area contributed by atoms with E-state index in [1.54, 1.807) is 17.5 Å². The van der Waals surface area contributed by atoms with Crippen molar-refractivity contribution in [2.45, 2.75) is 13.0 Å². The molecular formula is C11H10BrClN2S. The fourth-order valence-corrected chi connectivity index (χ4v) is 2.56. The number of thiophene rings is 1. The Labute approximate surface area is 112 Å². The van der Waals surface area contributed by atoms with Gasteiger partial charge in [-0.3, -0.25) is 0 Å². The molecule has 1 unspecified atom stereocenters. The van der Waals surface area contributed by atoms with E-state index in [0.717, 1.165) is 14.6 Å². The van der Waals surface area contributed by atoms with Crippen LogP contribution in [-0.2, 0) is 0 Å². The van der Waals surface area contributed by atoms with Crippen LogP contribution in [0.2, 0.25) is 4.34 Å². The van der Waals surface area contributed by atoms with Crippen molar-refractivity contribution in [3.8, 4) is 0 Å². The lowest BCUT2D eigenvalue weighted by Crippen LogP contribution is -2.05. The van der Waals surface area contributed by atoms with E-state index in [4.69, 9.17) is 11.6 Å². The molecule has 0 saturated carbocycles. The van der Waals surface area contributed by atoms with Crippen molar-refractivity contribution in [2.75, 3.05) is 5.32 Å². The zero-order valence-electron chi connectivity index (χ0n) is 8.58. The molecule has 0 amide bonds. The second kappa shape index (κ2) is 5.17. The smallest absolute Gasteiger partial charge is 0.106 e. The molecule has 2 aromatic rings. The van der Waals surface area contributed by atoms with Gasteiger partial charge in [-0.25, -0.2) is 4.98 Å². The van der Waals surface area contributed by atoms with Gasteiger partial charge in [0.05, 0.1) is 16.2 Å². The van der Waals surface area contributed by atoms with Crippen LogP contribution in [0.25, 0.3) is 0 Å². The molecule has 0 aliphatic rings. The van der Waals surface area contributed by atoms with Gasteiger partial charge in [0.25, 0.3) is 0 Å². The first-order chi connectivity index (χ1) is 7.65. The van der Waals surface area contributed by atoms with Crippen LogP contribution >= 0.6 is 38.9 Å². The van der Waals surface area contributed by atoms with Crippen molar-refractivity contribution >= 4 is 44.6 Å². The number of nitrogens with zero attached hydrogens (tertiary/aromatic N) is 1. The first-order valence-electron chi connectivity index (χ1n) is 4.77. The summed E-state index contributed by atoms with van der Waals surface area (Å²) in [6, 6.07) is 6.11. The van der Waals surface area contributed by atoms with Gasteiger partial charge >= 0.3 is 0 Å². The average Bonchev–Trinajstić information content (AvgIpc) is 2.68. The standard InChI is InChI=1S/C11H10BrClN2S/c1-7(8-4-11(13)16-6-8)15-9-2-3-10(12)14-5-9/h2-7,15H,1H3. The summed E-state index contributed by atoms with van der Waals surface area (Å²) in [6.45, 7) is 2.10. The second-order valence-electron chi connectivity index (χ2n) is 3.42. The highest BCUT2D eigenvalue weighted by Crippen LogP contribution is 2.27. The van der Waals surface area contributed by atoms with Gasteiger partial charge in [0.1, 0.15) is 4.60 Å². The molecule has 0 radical (unpaired) electrons. The van der Waals surface area contributed by atoms with E-state index in [-0.39, 0.29) is 6.04 Å². The molecule has 2 rings (SSSR count). The van der Waals surface area contributed by atoms with Crippen LogP contribution < -0.4 is 5.32 Å². The van der Waals surface area contributed by atoms with Crippen LogP contribution in [0.5, 0.6) is 0 Å². The van der Waals surface area contributed by atoms with Crippen molar-refractivity contribution in [3.63, 3.8) is 0 Å². The monoisotopic (exact) mass is 316 g/mol. The number of nitrogens with one attached hydrogen (secondary N) is 1. The molecule has 0 spiro atoms. The lowest BCUT2D eigenvalue weighted by atomic mass is 10.2. The molecule has 0 aliphatic heterocycles. The van der Waals surface area contributed by atoms with Gasteiger partial charge in [-0.2, -0.15) is 0 Å². The molecular weight excluding hydrogens is 308 g/mol. The summed E-state index contributed by atoms with van der Waals surface area (Å²) >= 11 is 10.8. The van der Waals surface area contributed by atoms with Crippen LogP contribution in [0.3, 0.4) is 0 Å². The van der Waals surface area contributed by atoms with Crippen LogP contribution in [0.1, 0.15) is 18.5 Å². The minimum Gasteiger partial charge on any atom is -0.377 e. The Balaban J connectivity index is 2.07. The predicted molar refractivity (Wildman–Crippen MR) is 73.3 cm³/mol. The fraction of sp³-hybridized carbons (Fsp3) is 0.182. The fourth-order valence-electron chi connectivity index (χ4n) is 1.35. The number of anilines is 1. The van der Waals surface area contributed by atoms with E-state index < -0.39 is 0 Å². The maximum atomic E-state index is 5.90. The summed E-state index contributed by atoms with van der Waals surface area (Å²) in [5.41, 5.74) is 2.19. The normalized spacial score (nSPS) is 12.4. The van der Waals surface area contributed by atoms with Gasteiger partial charge in [-0.1, -0.05) is 11.6 Å². The molecule has 2 nitrogen and oxygen atoms in total. The molecule has 16 heavy (non-hydrogen) atoms. The average molecular weight is 318 g/mol. The highest BCUT2D eigenvalue weighted by Gasteiger charge is 2.07. The van der Waals surface area contributed by atoms with E-state index in [9.17, 15) is 0 Å². The Morgan fingerprint density at radius 3 is 2.88 bits per heavy atom. The van der Waals surface area contributed by atoms with Gasteiger partial charge in [-0.15, -0.1) is 11.3 Å². The molecule has 1 N–H and O–H groups in total. The number of hydrogen-bond donors (Lipinski definition) is 1. The summed E-state index contributed by atoms with van der Waals surface area (Å²) in [6.07, 6.45) is 1.80. The molecule has 0 aliphatic carbocycles. The predicted octanol–water partition coefficient (Wildman–Crippen LogP) is 4.73. The van der Waals surface area contributed by atoms with Crippen LogP contribution in [0.15, 0.2) is 34.4 Å². The molecule has 0 saturated heterocycles. The minimum absolute atomic E-state index is 0.228. The molecule has 1 atom stereocenters. The summed E-state index contributed by atoms with van der Waals surface area (Å²) in [4.78, 5) is 4.16. The van der Waals surface area contributed by atoms with E-state index >= 15 is 0 Å². The van der Waals surface area contributed by atoms with E-state index in [1.165, 1.54) is 5.56 Å².